The molecule has 0 bridgehead atoms. The van der Waals surface area contributed by atoms with Crippen LogP contribution in [-0.2, 0) is 6.54 Å². The highest BCUT2D eigenvalue weighted by Gasteiger charge is 2.44. The molecule has 158 valence electrons. The molecule has 3 aromatic carbocycles. The molecule has 0 radical (unpaired) electrons. The van der Waals surface area contributed by atoms with Crippen molar-refractivity contribution < 1.29 is 13.9 Å². The Morgan fingerprint density at radius 3 is 2.55 bits per heavy atom. The van der Waals surface area contributed by atoms with E-state index >= 15 is 0 Å². The van der Waals surface area contributed by atoms with E-state index in [1.807, 2.05) is 12.1 Å². The lowest BCUT2D eigenvalue weighted by Crippen LogP contribution is -2.39. The monoisotopic (exact) mass is 417 g/mol. The molecule has 0 saturated carbocycles. The maximum atomic E-state index is 13.5. The van der Waals surface area contributed by atoms with Gasteiger partial charge in [0.25, 0.3) is 0 Å². The van der Waals surface area contributed by atoms with Crippen LogP contribution >= 0.6 is 0 Å². The third kappa shape index (κ3) is 3.23. The van der Waals surface area contributed by atoms with Gasteiger partial charge < -0.3 is 14.4 Å². The molecule has 1 fully saturated rings. The molecule has 5 nitrogen and oxygen atoms in total. The Morgan fingerprint density at radius 2 is 1.74 bits per heavy atom. The van der Waals surface area contributed by atoms with Crippen molar-refractivity contribution in [1.82, 2.24) is 10.9 Å². The van der Waals surface area contributed by atoms with Crippen LogP contribution in [0.2, 0.25) is 0 Å². The number of hydrogen-bond donors (Lipinski definition) is 2. The predicted molar refractivity (Wildman–Crippen MR) is 116 cm³/mol. The number of hydrazine groups is 1. The van der Waals surface area contributed by atoms with E-state index in [4.69, 9.17) is 9.47 Å². The molecule has 1 saturated heterocycles. The Bertz CT molecular complexity index is 1130. The number of anilines is 1. The normalized spacial score (nSPS) is 23.5. The second-order valence-electron chi connectivity index (χ2n) is 8.59. The highest BCUT2D eigenvalue weighted by Crippen LogP contribution is 2.49. The average Bonchev–Trinajstić information content (AvgIpc) is 3.40. The van der Waals surface area contributed by atoms with Crippen molar-refractivity contribution in [3.63, 3.8) is 0 Å². The highest BCUT2D eigenvalue weighted by atomic mass is 19.1. The number of hydrogen-bond acceptors (Lipinski definition) is 5. The molecule has 3 aromatic rings. The Labute approximate surface area is 180 Å². The topological polar surface area (TPSA) is 45.8 Å². The summed E-state index contributed by atoms with van der Waals surface area (Å²) < 4.78 is 24.8. The van der Waals surface area contributed by atoms with E-state index in [9.17, 15) is 4.39 Å². The first kappa shape index (κ1) is 18.7. The summed E-state index contributed by atoms with van der Waals surface area (Å²) in [5, 5.41) is 0. The predicted octanol–water partition coefficient (Wildman–Crippen LogP) is 4.39. The zero-order valence-corrected chi connectivity index (χ0v) is 17.3. The van der Waals surface area contributed by atoms with Gasteiger partial charge in [0, 0.05) is 30.8 Å². The molecule has 0 aliphatic carbocycles. The molecule has 3 heterocycles. The van der Waals surface area contributed by atoms with Gasteiger partial charge in [0.15, 0.2) is 11.5 Å². The van der Waals surface area contributed by atoms with Crippen molar-refractivity contribution in [2.75, 3.05) is 18.2 Å². The van der Waals surface area contributed by atoms with Gasteiger partial charge >= 0.3 is 0 Å². The van der Waals surface area contributed by atoms with Crippen LogP contribution in [0.15, 0.2) is 60.7 Å². The quantitative estimate of drug-likeness (QED) is 0.662. The number of nitrogens with zero attached hydrogens (tertiary/aromatic N) is 1. The van der Waals surface area contributed by atoms with Gasteiger partial charge in [0.1, 0.15) is 5.82 Å². The maximum absolute atomic E-state index is 13.5. The van der Waals surface area contributed by atoms with Gasteiger partial charge in [-0.1, -0.05) is 42.0 Å². The molecule has 6 rings (SSSR count). The van der Waals surface area contributed by atoms with E-state index < -0.39 is 0 Å². The van der Waals surface area contributed by atoms with Crippen LogP contribution in [0.3, 0.4) is 0 Å². The van der Waals surface area contributed by atoms with E-state index in [-0.39, 0.29) is 30.6 Å². The fourth-order valence-electron chi connectivity index (χ4n) is 5.11. The average molecular weight is 417 g/mol. The van der Waals surface area contributed by atoms with Crippen LogP contribution in [0.1, 0.15) is 34.3 Å². The second-order valence-corrected chi connectivity index (χ2v) is 8.59. The molecule has 3 atom stereocenters. The van der Waals surface area contributed by atoms with Crippen molar-refractivity contribution in [3.8, 4) is 11.5 Å². The minimum atomic E-state index is -0.214. The number of ether oxygens (including phenoxy) is 2. The summed E-state index contributed by atoms with van der Waals surface area (Å²) in [6.45, 7) is 4.06. The third-order valence-corrected chi connectivity index (χ3v) is 6.56. The molecular weight excluding hydrogens is 393 g/mol. The van der Waals surface area contributed by atoms with Crippen molar-refractivity contribution in [3.05, 3.63) is 88.7 Å². The standard InChI is InChI=1S/C25H24FN3O2/c1-15-3-2-4-16(9-15)12-29-13-20-24(17-5-7-18(26)8-6-17)27-28-25(20)19-10-22-23(11-21(19)29)31-14-30-22/h2-11,20,24-25,27-28H,12-14H2,1H3. The number of benzene rings is 3. The molecule has 3 unspecified atom stereocenters. The molecule has 3 aliphatic rings. The summed E-state index contributed by atoms with van der Waals surface area (Å²) in [6.07, 6.45) is 0. The van der Waals surface area contributed by atoms with Crippen LogP contribution in [0, 0.1) is 18.7 Å². The lowest BCUT2D eigenvalue weighted by atomic mass is 9.81. The zero-order valence-electron chi connectivity index (χ0n) is 17.3. The van der Waals surface area contributed by atoms with E-state index in [0.717, 1.165) is 30.2 Å². The Hall–Kier alpha value is -3.09. The lowest BCUT2D eigenvalue weighted by Gasteiger charge is -2.39. The molecule has 6 heteroatoms. The zero-order chi connectivity index (χ0) is 20.9. The van der Waals surface area contributed by atoms with Gasteiger partial charge in [-0.3, -0.25) is 0 Å². The number of rotatable bonds is 3. The third-order valence-electron chi connectivity index (χ3n) is 6.56. The summed E-state index contributed by atoms with van der Waals surface area (Å²) in [4.78, 5) is 2.43. The maximum Gasteiger partial charge on any atom is 0.231 e. The van der Waals surface area contributed by atoms with Crippen molar-refractivity contribution in [2.45, 2.75) is 25.6 Å². The molecule has 0 aromatic heterocycles. The minimum absolute atomic E-state index is 0.0872. The number of halogens is 1. The Morgan fingerprint density at radius 1 is 0.968 bits per heavy atom. The summed E-state index contributed by atoms with van der Waals surface area (Å²) in [5.41, 5.74) is 12.9. The Kier molecular flexibility index (Phi) is 4.37. The summed E-state index contributed by atoms with van der Waals surface area (Å²) in [6, 6.07) is 19.9. The van der Waals surface area contributed by atoms with Gasteiger partial charge in [-0.25, -0.2) is 15.2 Å². The number of aryl methyl sites for hydroxylation is 1. The van der Waals surface area contributed by atoms with Crippen molar-refractivity contribution in [1.29, 1.82) is 0 Å². The van der Waals surface area contributed by atoms with Crippen LogP contribution in [-0.4, -0.2) is 13.3 Å². The van der Waals surface area contributed by atoms with Crippen LogP contribution in [0.5, 0.6) is 11.5 Å². The van der Waals surface area contributed by atoms with Crippen LogP contribution < -0.4 is 25.2 Å². The lowest BCUT2D eigenvalue weighted by molar-refractivity contribution is 0.174. The number of fused-ring (bicyclic) bond motifs is 4. The van der Waals surface area contributed by atoms with Crippen molar-refractivity contribution >= 4 is 5.69 Å². The number of nitrogens with one attached hydrogen (secondary N) is 2. The van der Waals surface area contributed by atoms with Crippen molar-refractivity contribution in [2.24, 2.45) is 5.92 Å². The summed E-state index contributed by atoms with van der Waals surface area (Å²) >= 11 is 0. The SMILES string of the molecule is Cc1cccc(CN2CC3C(c4ccc(F)cc4)NNC3c3cc4c(cc32)OCO4)c1. The first-order valence-corrected chi connectivity index (χ1v) is 10.7. The molecule has 0 amide bonds. The second kappa shape index (κ2) is 7.25. The molecule has 2 N–H and O–H groups in total. The summed E-state index contributed by atoms with van der Waals surface area (Å²) in [5.74, 6) is 1.66. The van der Waals surface area contributed by atoms with Crippen LogP contribution in [0.25, 0.3) is 0 Å². The van der Waals surface area contributed by atoms with Crippen LogP contribution in [0.4, 0.5) is 10.1 Å². The van der Waals surface area contributed by atoms with E-state index in [0.29, 0.717) is 0 Å². The molecule has 3 aliphatic heterocycles. The smallest absolute Gasteiger partial charge is 0.231 e. The molecule has 31 heavy (non-hydrogen) atoms. The van der Waals surface area contributed by atoms with Gasteiger partial charge in [-0.05, 0) is 41.8 Å². The van der Waals surface area contributed by atoms with Gasteiger partial charge in [-0.15, -0.1) is 0 Å². The van der Waals surface area contributed by atoms with Gasteiger partial charge in [-0.2, -0.15) is 0 Å². The fourth-order valence-corrected chi connectivity index (χ4v) is 5.11. The summed E-state index contributed by atoms with van der Waals surface area (Å²) in [7, 11) is 0. The minimum Gasteiger partial charge on any atom is -0.454 e. The van der Waals surface area contributed by atoms with Gasteiger partial charge in [0.2, 0.25) is 6.79 Å². The Balaban J connectivity index is 1.40. The molecule has 0 spiro atoms. The van der Waals surface area contributed by atoms with E-state index in [1.165, 1.54) is 34.5 Å². The highest BCUT2D eigenvalue weighted by molar-refractivity contribution is 5.66. The largest absolute Gasteiger partial charge is 0.454 e. The first-order valence-electron chi connectivity index (χ1n) is 10.7. The fraction of sp³-hybridized carbons (Fsp3) is 0.280. The van der Waals surface area contributed by atoms with E-state index in [1.54, 1.807) is 0 Å². The first-order chi connectivity index (χ1) is 15.2. The van der Waals surface area contributed by atoms with Gasteiger partial charge in [0.05, 0.1) is 12.1 Å². The van der Waals surface area contributed by atoms with E-state index in [2.05, 4.69) is 59.1 Å². The molecular formula is C25H24FN3O2.